The number of amides is 1. The van der Waals surface area contributed by atoms with Crippen LogP contribution in [0.4, 0.5) is 0 Å². The molecule has 1 aliphatic rings. The average molecular weight is 383 g/mol. The molecule has 2 N–H and O–H groups in total. The highest BCUT2D eigenvalue weighted by atomic mass is 16.5. The third-order valence-electron chi connectivity index (χ3n) is 5.31. The van der Waals surface area contributed by atoms with E-state index in [1.54, 1.807) is 11.1 Å². The van der Waals surface area contributed by atoms with Crippen LogP contribution in [-0.2, 0) is 0 Å². The minimum absolute atomic E-state index is 0.0869. The first-order valence-corrected chi connectivity index (χ1v) is 9.74. The number of rotatable bonds is 5. The van der Waals surface area contributed by atoms with E-state index < -0.39 is 0 Å². The SMILES string of the molecule is CNC[C@@H]1Oc2ncc(-c3ccc(C)cc3)cc2C(=O)N([C@H](C)CO)C[C@@H]1C. The third kappa shape index (κ3) is 4.18. The Morgan fingerprint density at radius 1 is 1.32 bits per heavy atom. The Labute approximate surface area is 166 Å². The van der Waals surface area contributed by atoms with E-state index in [0.717, 1.165) is 11.1 Å². The molecule has 6 heteroatoms. The summed E-state index contributed by atoms with van der Waals surface area (Å²) in [5.74, 6) is 0.285. The highest BCUT2D eigenvalue weighted by Gasteiger charge is 2.33. The highest BCUT2D eigenvalue weighted by molar-refractivity contribution is 5.98. The van der Waals surface area contributed by atoms with E-state index in [4.69, 9.17) is 4.74 Å². The number of carbonyl (C=O) groups excluding carboxylic acids is 1. The second-order valence-electron chi connectivity index (χ2n) is 7.62. The number of ether oxygens (including phenoxy) is 1. The fraction of sp³-hybridized carbons (Fsp3) is 0.455. The quantitative estimate of drug-likeness (QED) is 0.830. The van der Waals surface area contributed by atoms with Gasteiger partial charge in [-0.1, -0.05) is 36.8 Å². The van der Waals surface area contributed by atoms with E-state index in [-0.39, 0.29) is 30.6 Å². The van der Waals surface area contributed by atoms with Crippen molar-refractivity contribution in [3.8, 4) is 17.0 Å². The number of benzene rings is 1. The Morgan fingerprint density at radius 3 is 2.68 bits per heavy atom. The van der Waals surface area contributed by atoms with Crippen molar-refractivity contribution in [2.24, 2.45) is 5.92 Å². The molecule has 0 spiro atoms. The molecule has 1 aromatic heterocycles. The molecule has 6 nitrogen and oxygen atoms in total. The van der Waals surface area contributed by atoms with Gasteiger partial charge in [0.05, 0.1) is 12.6 Å². The molecule has 0 saturated carbocycles. The van der Waals surface area contributed by atoms with Crippen molar-refractivity contribution in [1.29, 1.82) is 0 Å². The summed E-state index contributed by atoms with van der Waals surface area (Å²) in [5, 5.41) is 12.8. The molecule has 0 aliphatic carbocycles. The maximum Gasteiger partial charge on any atom is 0.259 e. The molecule has 2 aromatic rings. The summed E-state index contributed by atoms with van der Waals surface area (Å²) < 4.78 is 6.15. The Balaban J connectivity index is 2.06. The van der Waals surface area contributed by atoms with E-state index in [0.29, 0.717) is 24.5 Å². The van der Waals surface area contributed by atoms with Crippen molar-refractivity contribution in [2.75, 3.05) is 26.7 Å². The zero-order valence-corrected chi connectivity index (χ0v) is 17.0. The van der Waals surface area contributed by atoms with E-state index in [1.807, 2.05) is 51.2 Å². The van der Waals surface area contributed by atoms with Gasteiger partial charge >= 0.3 is 0 Å². The smallest absolute Gasteiger partial charge is 0.259 e. The third-order valence-corrected chi connectivity index (χ3v) is 5.31. The zero-order valence-electron chi connectivity index (χ0n) is 17.0. The van der Waals surface area contributed by atoms with Crippen LogP contribution in [0.3, 0.4) is 0 Å². The van der Waals surface area contributed by atoms with Crippen LogP contribution in [0, 0.1) is 12.8 Å². The number of carbonyl (C=O) groups is 1. The predicted octanol–water partition coefficient (Wildman–Crippen LogP) is 2.50. The molecule has 1 amide bonds. The second-order valence-corrected chi connectivity index (χ2v) is 7.62. The van der Waals surface area contributed by atoms with E-state index >= 15 is 0 Å². The van der Waals surface area contributed by atoms with Crippen molar-refractivity contribution < 1.29 is 14.6 Å². The molecule has 3 rings (SSSR count). The normalized spacial score (nSPS) is 20.8. The predicted molar refractivity (Wildman–Crippen MR) is 110 cm³/mol. The standard InChI is InChI=1S/C22H29N3O3/c1-14-5-7-17(8-6-14)18-9-19-21(24-10-18)28-20(11-23-4)15(2)12-25(22(19)27)16(3)13-26/h5-10,15-16,20,23,26H,11-13H2,1-4H3/t15-,16+,20-/m0/s1. The first kappa shape index (κ1) is 20.3. The minimum Gasteiger partial charge on any atom is -0.472 e. The fourth-order valence-corrected chi connectivity index (χ4v) is 3.45. The highest BCUT2D eigenvalue weighted by Crippen LogP contribution is 2.30. The Hall–Kier alpha value is -2.44. The van der Waals surface area contributed by atoms with E-state index in [1.165, 1.54) is 5.56 Å². The van der Waals surface area contributed by atoms with Gasteiger partial charge in [0.15, 0.2) is 0 Å². The van der Waals surface area contributed by atoms with Gasteiger partial charge in [-0.05, 0) is 32.5 Å². The number of nitrogens with zero attached hydrogens (tertiary/aromatic N) is 2. The van der Waals surface area contributed by atoms with Crippen molar-refractivity contribution in [1.82, 2.24) is 15.2 Å². The van der Waals surface area contributed by atoms with Gasteiger partial charge in [-0.3, -0.25) is 4.79 Å². The lowest BCUT2D eigenvalue weighted by Gasteiger charge is -2.36. The van der Waals surface area contributed by atoms with Crippen molar-refractivity contribution in [3.63, 3.8) is 0 Å². The Kier molecular flexibility index (Phi) is 6.31. The average Bonchev–Trinajstić information content (AvgIpc) is 2.70. The van der Waals surface area contributed by atoms with Crippen molar-refractivity contribution >= 4 is 5.91 Å². The summed E-state index contributed by atoms with van der Waals surface area (Å²) in [6.07, 6.45) is 1.63. The monoisotopic (exact) mass is 383 g/mol. The molecule has 0 fully saturated rings. The van der Waals surface area contributed by atoms with Gasteiger partial charge in [0.25, 0.3) is 5.91 Å². The number of fused-ring (bicyclic) bond motifs is 1. The Morgan fingerprint density at radius 2 is 2.04 bits per heavy atom. The van der Waals surface area contributed by atoms with Gasteiger partial charge in [0, 0.05) is 30.8 Å². The maximum absolute atomic E-state index is 13.3. The van der Waals surface area contributed by atoms with Crippen molar-refractivity contribution in [2.45, 2.75) is 32.9 Å². The molecule has 0 bridgehead atoms. The number of hydrogen-bond acceptors (Lipinski definition) is 5. The summed E-state index contributed by atoms with van der Waals surface area (Å²) in [7, 11) is 1.88. The van der Waals surface area contributed by atoms with Crippen LogP contribution in [0.15, 0.2) is 36.5 Å². The lowest BCUT2D eigenvalue weighted by atomic mass is 9.99. The van der Waals surface area contributed by atoms with Crippen molar-refractivity contribution in [3.05, 3.63) is 47.7 Å². The fourth-order valence-electron chi connectivity index (χ4n) is 3.45. The number of aromatic nitrogens is 1. The summed E-state index contributed by atoms with van der Waals surface area (Å²) in [6.45, 7) is 7.03. The number of pyridine rings is 1. The van der Waals surface area contributed by atoms with Crippen LogP contribution in [-0.4, -0.2) is 59.8 Å². The largest absolute Gasteiger partial charge is 0.472 e. The number of aryl methyl sites for hydroxylation is 1. The molecule has 150 valence electrons. The van der Waals surface area contributed by atoms with Crippen LogP contribution in [0.1, 0.15) is 29.8 Å². The zero-order chi connectivity index (χ0) is 20.3. The van der Waals surface area contributed by atoms with Crippen LogP contribution in [0.25, 0.3) is 11.1 Å². The first-order chi connectivity index (χ1) is 13.4. The molecule has 0 radical (unpaired) electrons. The number of likely N-dealkylation sites (N-methyl/N-ethyl adjacent to an activating group) is 1. The van der Waals surface area contributed by atoms with Crippen LogP contribution in [0.2, 0.25) is 0 Å². The maximum atomic E-state index is 13.3. The second kappa shape index (κ2) is 8.71. The number of nitrogens with one attached hydrogen (secondary N) is 1. The number of hydrogen-bond donors (Lipinski definition) is 2. The molecule has 28 heavy (non-hydrogen) atoms. The Bertz CT molecular complexity index is 822. The topological polar surface area (TPSA) is 74.7 Å². The molecule has 1 aliphatic heterocycles. The van der Waals surface area contributed by atoms with Crippen LogP contribution < -0.4 is 10.1 Å². The molecule has 2 heterocycles. The van der Waals surface area contributed by atoms with Crippen LogP contribution >= 0.6 is 0 Å². The van der Waals surface area contributed by atoms with Crippen LogP contribution in [0.5, 0.6) is 5.88 Å². The molecule has 1 aromatic carbocycles. The number of aliphatic hydroxyl groups is 1. The van der Waals surface area contributed by atoms with Gasteiger partial charge in [0.1, 0.15) is 11.7 Å². The van der Waals surface area contributed by atoms with Gasteiger partial charge in [-0.2, -0.15) is 0 Å². The van der Waals surface area contributed by atoms with Gasteiger partial charge in [-0.15, -0.1) is 0 Å². The summed E-state index contributed by atoms with van der Waals surface area (Å²) in [6, 6.07) is 9.68. The summed E-state index contributed by atoms with van der Waals surface area (Å²) in [5.41, 5.74) is 3.48. The van der Waals surface area contributed by atoms with Gasteiger partial charge in [0.2, 0.25) is 5.88 Å². The first-order valence-electron chi connectivity index (χ1n) is 9.74. The molecule has 0 saturated heterocycles. The van der Waals surface area contributed by atoms with Gasteiger partial charge < -0.3 is 20.1 Å². The lowest BCUT2D eigenvalue weighted by molar-refractivity contribution is 0.0404. The molecular weight excluding hydrogens is 354 g/mol. The molecule has 3 atom stereocenters. The minimum atomic E-state index is -0.279. The summed E-state index contributed by atoms with van der Waals surface area (Å²) >= 11 is 0. The molecular formula is C22H29N3O3. The summed E-state index contributed by atoms with van der Waals surface area (Å²) in [4.78, 5) is 19.5. The van der Waals surface area contributed by atoms with Gasteiger partial charge in [-0.25, -0.2) is 4.98 Å². The van der Waals surface area contributed by atoms with E-state index in [2.05, 4.69) is 17.2 Å². The molecule has 0 unspecified atom stereocenters. The van der Waals surface area contributed by atoms with E-state index in [9.17, 15) is 9.90 Å². The number of aliphatic hydroxyl groups excluding tert-OH is 1. The lowest BCUT2D eigenvalue weighted by Crippen LogP contribution is -2.49.